The molecule has 0 spiro atoms. The predicted molar refractivity (Wildman–Crippen MR) is 122 cm³/mol. The van der Waals surface area contributed by atoms with Crippen LogP contribution >= 0.6 is 0 Å². The van der Waals surface area contributed by atoms with Crippen LogP contribution < -0.4 is 0 Å². The van der Waals surface area contributed by atoms with Gasteiger partial charge in [-0.05, 0) is 48.4 Å². The van der Waals surface area contributed by atoms with Gasteiger partial charge in [0.2, 0.25) is 5.91 Å². The highest BCUT2D eigenvalue weighted by Crippen LogP contribution is 2.39. The van der Waals surface area contributed by atoms with Crippen molar-refractivity contribution in [3.8, 4) is 0 Å². The molecule has 1 N–H and O–H groups in total. The predicted octanol–water partition coefficient (Wildman–Crippen LogP) is 5.58. The van der Waals surface area contributed by atoms with Crippen molar-refractivity contribution in [2.75, 3.05) is 6.54 Å². The Bertz CT molecular complexity index is 1340. The van der Waals surface area contributed by atoms with E-state index in [9.17, 15) is 18.4 Å². The molecule has 0 aliphatic carbocycles. The van der Waals surface area contributed by atoms with Crippen molar-refractivity contribution >= 4 is 22.6 Å². The Balaban J connectivity index is 1.45. The van der Waals surface area contributed by atoms with Crippen LogP contribution in [0.5, 0.6) is 0 Å². The molecule has 1 aliphatic heterocycles. The van der Waals surface area contributed by atoms with E-state index in [1.165, 1.54) is 30.3 Å². The number of carbonyl (C=O) groups excluding carboxylic acids is 2. The summed E-state index contributed by atoms with van der Waals surface area (Å²) in [5.41, 5.74) is 3.63. The molecular formula is C27H22F2N2O2. The molecule has 0 fully saturated rings. The number of rotatable bonds is 5. The van der Waals surface area contributed by atoms with E-state index in [1.54, 1.807) is 23.1 Å². The van der Waals surface area contributed by atoms with E-state index in [4.69, 9.17) is 0 Å². The number of Topliss-reactive ketones (excluding diaryl/α,β-unsaturated/α-hetero) is 1. The van der Waals surface area contributed by atoms with Crippen molar-refractivity contribution in [2.24, 2.45) is 0 Å². The number of fused-ring (bicyclic) bond motifs is 3. The fourth-order valence-electron chi connectivity index (χ4n) is 4.67. The van der Waals surface area contributed by atoms with Gasteiger partial charge in [-0.3, -0.25) is 9.59 Å². The lowest BCUT2D eigenvalue weighted by Crippen LogP contribution is -2.41. The van der Waals surface area contributed by atoms with Crippen LogP contribution in [0.2, 0.25) is 0 Å². The number of carbonyl (C=O) groups is 2. The standard InChI is InChI=1S/C27H22F2N2O2/c28-18-11-9-17(10-12-18)24(32)13-14-25(33)31-16-15-20-19-5-2-4-8-23(19)30-26(20)27(31)21-6-1-3-7-22(21)29/h1-12,27,30H,13-16H2. The summed E-state index contributed by atoms with van der Waals surface area (Å²) in [7, 11) is 0. The molecule has 0 bridgehead atoms. The summed E-state index contributed by atoms with van der Waals surface area (Å²) in [6, 6.07) is 19.1. The third-order valence-corrected chi connectivity index (χ3v) is 6.29. The summed E-state index contributed by atoms with van der Waals surface area (Å²) < 4.78 is 28.0. The van der Waals surface area contributed by atoms with Gasteiger partial charge < -0.3 is 9.88 Å². The molecule has 6 heteroatoms. The van der Waals surface area contributed by atoms with Gasteiger partial charge in [-0.25, -0.2) is 8.78 Å². The molecule has 0 saturated heterocycles. The fourth-order valence-corrected chi connectivity index (χ4v) is 4.67. The number of halogens is 2. The normalized spacial score (nSPS) is 15.5. The molecule has 166 valence electrons. The van der Waals surface area contributed by atoms with Crippen LogP contribution in [0, 0.1) is 11.6 Å². The Hall–Kier alpha value is -3.80. The lowest BCUT2D eigenvalue weighted by atomic mass is 9.91. The van der Waals surface area contributed by atoms with E-state index in [2.05, 4.69) is 4.98 Å². The van der Waals surface area contributed by atoms with Gasteiger partial charge in [0, 0.05) is 47.1 Å². The molecule has 1 unspecified atom stereocenters. The maximum absolute atomic E-state index is 14.9. The Morgan fingerprint density at radius 2 is 1.64 bits per heavy atom. The maximum Gasteiger partial charge on any atom is 0.223 e. The van der Waals surface area contributed by atoms with Crippen molar-refractivity contribution in [1.82, 2.24) is 9.88 Å². The maximum atomic E-state index is 14.9. The summed E-state index contributed by atoms with van der Waals surface area (Å²) >= 11 is 0. The molecule has 1 atom stereocenters. The summed E-state index contributed by atoms with van der Waals surface area (Å²) in [4.78, 5) is 30.9. The highest BCUT2D eigenvalue weighted by atomic mass is 19.1. The average molecular weight is 444 g/mol. The SMILES string of the molecule is O=C(CCC(=O)N1CCc2c([nH]c3ccccc23)C1c1ccccc1F)c1ccc(F)cc1. The van der Waals surface area contributed by atoms with Crippen molar-refractivity contribution in [3.63, 3.8) is 0 Å². The van der Waals surface area contributed by atoms with Crippen molar-refractivity contribution in [1.29, 1.82) is 0 Å². The number of ketones is 1. The molecule has 4 aromatic rings. The van der Waals surface area contributed by atoms with Gasteiger partial charge in [-0.15, -0.1) is 0 Å². The molecule has 1 aliphatic rings. The van der Waals surface area contributed by atoms with Crippen LogP contribution in [0.25, 0.3) is 10.9 Å². The van der Waals surface area contributed by atoms with Crippen LogP contribution in [-0.4, -0.2) is 28.1 Å². The Morgan fingerprint density at radius 3 is 2.42 bits per heavy atom. The number of hydrogen-bond donors (Lipinski definition) is 1. The van der Waals surface area contributed by atoms with E-state index < -0.39 is 11.9 Å². The van der Waals surface area contributed by atoms with Crippen LogP contribution in [0.15, 0.2) is 72.8 Å². The van der Waals surface area contributed by atoms with E-state index in [0.717, 1.165) is 22.2 Å². The smallest absolute Gasteiger partial charge is 0.223 e. The number of nitrogens with one attached hydrogen (secondary N) is 1. The summed E-state index contributed by atoms with van der Waals surface area (Å²) in [6.45, 7) is 0.428. The number of amides is 1. The van der Waals surface area contributed by atoms with Crippen LogP contribution in [0.4, 0.5) is 8.78 Å². The largest absolute Gasteiger partial charge is 0.356 e. The molecule has 33 heavy (non-hydrogen) atoms. The quantitative estimate of drug-likeness (QED) is 0.409. The average Bonchev–Trinajstić information content (AvgIpc) is 3.21. The minimum atomic E-state index is -0.601. The summed E-state index contributed by atoms with van der Waals surface area (Å²) in [6.07, 6.45) is 0.642. The first-order valence-electron chi connectivity index (χ1n) is 10.9. The van der Waals surface area contributed by atoms with Crippen molar-refractivity contribution < 1.29 is 18.4 Å². The van der Waals surface area contributed by atoms with Gasteiger partial charge >= 0.3 is 0 Å². The number of aromatic nitrogens is 1. The van der Waals surface area contributed by atoms with Crippen LogP contribution in [0.3, 0.4) is 0 Å². The number of benzene rings is 3. The minimum Gasteiger partial charge on any atom is -0.356 e. The zero-order valence-electron chi connectivity index (χ0n) is 17.9. The van der Waals surface area contributed by atoms with Crippen LogP contribution in [0.1, 0.15) is 46.1 Å². The van der Waals surface area contributed by atoms with E-state index in [-0.39, 0.29) is 30.3 Å². The molecule has 2 heterocycles. The third-order valence-electron chi connectivity index (χ3n) is 6.29. The van der Waals surface area contributed by atoms with Crippen molar-refractivity contribution in [2.45, 2.75) is 25.3 Å². The summed E-state index contributed by atoms with van der Waals surface area (Å²) in [5, 5.41) is 1.08. The molecule has 1 amide bonds. The topological polar surface area (TPSA) is 53.2 Å². The zero-order chi connectivity index (χ0) is 22.9. The van der Waals surface area contributed by atoms with Crippen molar-refractivity contribution in [3.05, 3.63) is 107 Å². The first-order chi connectivity index (χ1) is 16.0. The lowest BCUT2D eigenvalue weighted by Gasteiger charge is -2.36. The summed E-state index contributed by atoms with van der Waals surface area (Å²) in [5.74, 6) is -1.25. The van der Waals surface area contributed by atoms with E-state index in [0.29, 0.717) is 24.1 Å². The van der Waals surface area contributed by atoms with Gasteiger partial charge in [0.05, 0.1) is 0 Å². The zero-order valence-corrected chi connectivity index (χ0v) is 17.9. The number of nitrogens with zero attached hydrogens (tertiary/aromatic N) is 1. The molecule has 0 saturated carbocycles. The first-order valence-corrected chi connectivity index (χ1v) is 10.9. The van der Waals surface area contributed by atoms with Gasteiger partial charge in [0.15, 0.2) is 5.78 Å². The second-order valence-corrected chi connectivity index (χ2v) is 8.25. The number of para-hydroxylation sites is 1. The molecule has 5 rings (SSSR count). The van der Waals surface area contributed by atoms with Crippen LogP contribution in [-0.2, 0) is 11.2 Å². The lowest BCUT2D eigenvalue weighted by molar-refractivity contribution is -0.133. The highest BCUT2D eigenvalue weighted by Gasteiger charge is 2.35. The van der Waals surface area contributed by atoms with Gasteiger partial charge in [-0.2, -0.15) is 0 Å². The molecule has 4 nitrogen and oxygen atoms in total. The van der Waals surface area contributed by atoms with Gasteiger partial charge in [0.1, 0.15) is 17.7 Å². The third kappa shape index (κ3) is 3.93. The first kappa shape index (κ1) is 21.1. The Kier molecular flexibility index (Phi) is 5.50. The molecule has 0 radical (unpaired) electrons. The number of hydrogen-bond acceptors (Lipinski definition) is 2. The second-order valence-electron chi connectivity index (χ2n) is 8.25. The van der Waals surface area contributed by atoms with Gasteiger partial charge in [-0.1, -0.05) is 36.4 Å². The fraction of sp³-hybridized carbons (Fsp3) is 0.185. The Morgan fingerprint density at radius 1 is 0.909 bits per heavy atom. The highest BCUT2D eigenvalue weighted by molar-refractivity contribution is 5.98. The monoisotopic (exact) mass is 444 g/mol. The van der Waals surface area contributed by atoms with Gasteiger partial charge in [0.25, 0.3) is 0 Å². The minimum absolute atomic E-state index is 0.00325. The molecule has 3 aromatic carbocycles. The Labute approximate surface area is 189 Å². The molecular weight excluding hydrogens is 422 g/mol. The molecule has 1 aromatic heterocycles. The second kappa shape index (κ2) is 8.62. The number of H-pyrrole nitrogens is 1. The van der Waals surface area contributed by atoms with E-state index >= 15 is 0 Å². The number of aromatic amines is 1. The van der Waals surface area contributed by atoms with E-state index in [1.807, 2.05) is 24.3 Å².